The smallest absolute Gasteiger partial charge is 0.272 e. The van der Waals surface area contributed by atoms with Crippen molar-refractivity contribution in [1.29, 1.82) is 0 Å². The molecule has 1 N–H and O–H groups in total. The molecule has 0 bridgehead atoms. The molecule has 1 unspecified atom stereocenters. The third kappa shape index (κ3) is 3.52. The molecule has 3 heterocycles. The largest absolute Gasteiger partial charge is 0.495 e. The summed E-state index contributed by atoms with van der Waals surface area (Å²) in [6.45, 7) is 6.56. The molecule has 1 aromatic carbocycles. The summed E-state index contributed by atoms with van der Waals surface area (Å²) >= 11 is 0. The lowest BCUT2D eigenvalue weighted by Gasteiger charge is -2.19. The molecule has 1 aliphatic rings. The summed E-state index contributed by atoms with van der Waals surface area (Å²) in [6.07, 6.45) is 0.659. The second-order valence-corrected chi connectivity index (χ2v) is 9.96. The minimum atomic E-state index is -3.71. The molecule has 1 aliphatic heterocycles. The molecular weight excluding hydrogens is 404 g/mol. The van der Waals surface area contributed by atoms with E-state index in [4.69, 9.17) is 4.74 Å². The normalized spacial score (nSPS) is 17.8. The fraction of sp³-hybridized carbons (Fsp3) is 0.429. The molecular formula is C21H26N4O4S. The molecule has 1 saturated heterocycles. The zero-order valence-corrected chi connectivity index (χ0v) is 18.4. The van der Waals surface area contributed by atoms with Crippen LogP contribution in [0.15, 0.2) is 40.0 Å². The third-order valence-corrected chi connectivity index (χ3v) is 7.55. The average molecular weight is 431 g/mol. The Morgan fingerprint density at radius 2 is 2.00 bits per heavy atom. The third-order valence-electron chi connectivity index (χ3n) is 5.66. The Morgan fingerprint density at radius 1 is 1.23 bits per heavy atom. The highest BCUT2D eigenvalue weighted by atomic mass is 32.2. The van der Waals surface area contributed by atoms with Gasteiger partial charge in [0, 0.05) is 42.5 Å². The van der Waals surface area contributed by atoms with Crippen LogP contribution >= 0.6 is 0 Å². The molecule has 8 nitrogen and oxygen atoms in total. The van der Waals surface area contributed by atoms with Crippen LogP contribution in [-0.2, 0) is 10.0 Å². The second-order valence-electron chi connectivity index (χ2n) is 8.05. The van der Waals surface area contributed by atoms with Gasteiger partial charge in [-0.25, -0.2) is 17.9 Å². The Bertz CT molecular complexity index is 1260. The van der Waals surface area contributed by atoms with Crippen LogP contribution in [-0.4, -0.2) is 47.5 Å². The Labute approximate surface area is 175 Å². The van der Waals surface area contributed by atoms with E-state index in [9.17, 15) is 13.2 Å². The van der Waals surface area contributed by atoms with Crippen molar-refractivity contribution >= 4 is 15.7 Å². The fourth-order valence-corrected chi connectivity index (χ4v) is 5.62. The van der Waals surface area contributed by atoms with Gasteiger partial charge in [-0.3, -0.25) is 9.89 Å². The number of aromatic nitrogens is 3. The summed E-state index contributed by atoms with van der Waals surface area (Å²) in [5.41, 5.74) is 2.77. The number of H-pyrrole nitrogens is 1. The summed E-state index contributed by atoms with van der Waals surface area (Å²) in [5, 5.41) is 3.09. The van der Waals surface area contributed by atoms with Crippen molar-refractivity contribution in [3.05, 3.63) is 57.6 Å². The molecule has 9 heteroatoms. The molecule has 2 aromatic heterocycles. The van der Waals surface area contributed by atoms with Gasteiger partial charge in [0.15, 0.2) is 5.65 Å². The molecule has 30 heavy (non-hydrogen) atoms. The van der Waals surface area contributed by atoms with Crippen molar-refractivity contribution in [3.8, 4) is 5.75 Å². The first kappa shape index (κ1) is 20.6. The van der Waals surface area contributed by atoms with Crippen molar-refractivity contribution < 1.29 is 13.2 Å². The summed E-state index contributed by atoms with van der Waals surface area (Å²) < 4.78 is 35.0. The van der Waals surface area contributed by atoms with Gasteiger partial charge in [0.2, 0.25) is 10.0 Å². The highest BCUT2D eigenvalue weighted by Crippen LogP contribution is 2.35. The Kier molecular flexibility index (Phi) is 5.19. The van der Waals surface area contributed by atoms with Crippen LogP contribution in [0.5, 0.6) is 5.75 Å². The molecule has 0 spiro atoms. The number of aromatic amines is 1. The maximum Gasteiger partial charge on any atom is 0.272 e. The van der Waals surface area contributed by atoms with Gasteiger partial charge < -0.3 is 4.74 Å². The summed E-state index contributed by atoms with van der Waals surface area (Å²) in [5.74, 6) is 0.511. The number of sulfonamides is 1. The van der Waals surface area contributed by atoms with Gasteiger partial charge in [0.25, 0.3) is 5.56 Å². The first-order valence-electron chi connectivity index (χ1n) is 9.98. The first-order valence-corrected chi connectivity index (χ1v) is 11.4. The van der Waals surface area contributed by atoms with Gasteiger partial charge in [-0.05, 0) is 37.0 Å². The lowest BCUT2D eigenvalue weighted by molar-refractivity contribution is 0.397. The molecule has 3 aromatic rings. The van der Waals surface area contributed by atoms with Crippen LogP contribution in [0.4, 0.5) is 0 Å². The van der Waals surface area contributed by atoms with E-state index in [1.54, 1.807) is 19.1 Å². The first-order chi connectivity index (χ1) is 14.2. The number of aryl methyl sites for hydroxylation is 1. The van der Waals surface area contributed by atoms with Crippen LogP contribution < -0.4 is 10.3 Å². The molecule has 0 saturated carbocycles. The summed E-state index contributed by atoms with van der Waals surface area (Å²) in [7, 11) is -2.23. The van der Waals surface area contributed by atoms with Gasteiger partial charge in [-0.1, -0.05) is 19.9 Å². The van der Waals surface area contributed by atoms with E-state index in [1.165, 1.54) is 22.0 Å². The highest BCUT2D eigenvalue weighted by molar-refractivity contribution is 7.89. The van der Waals surface area contributed by atoms with Crippen molar-refractivity contribution in [2.45, 2.75) is 43.9 Å². The average Bonchev–Trinajstić information content (AvgIpc) is 3.34. The Balaban J connectivity index is 1.65. The number of benzene rings is 1. The molecule has 0 aliphatic carbocycles. The van der Waals surface area contributed by atoms with Crippen LogP contribution in [0.1, 0.15) is 49.1 Å². The number of rotatable bonds is 5. The van der Waals surface area contributed by atoms with Crippen molar-refractivity contribution in [2.24, 2.45) is 0 Å². The van der Waals surface area contributed by atoms with E-state index in [0.717, 1.165) is 11.3 Å². The van der Waals surface area contributed by atoms with E-state index >= 15 is 0 Å². The van der Waals surface area contributed by atoms with E-state index in [-0.39, 0.29) is 22.3 Å². The van der Waals surface area contributed by atoms with Crippen LogP contribution in [0, 0.1) is 6.92 Å². The molecule has 4 rings (SSSR count). The quantitative estimate of drug-likeness (QED) is 0.671. The number of nitrogens with one attached hydrogen (secondary N) is 1. The van der Waals surface area contributed by atoms with E-state index in [1.807, 2.05) is 26.0 Å². The monoisotopic (exact) mass is 430 g/mol. The van der Waals surface area contributed by atoms with Gasteiger partial charge in [-0.15, -0.1) is 0 Å². The zero-order valence-electron chi connectivity index (χ0n) is 17.5. The van der Waals surface area contributed by atoms with Crippen molar-refractivity contribution in [2.75, 3.05) is 20.2 Å². The molecule has 1 fully saturated rings. The number of fused-ring (bicyclic) bond motifs is 1. The maximum absolute atomic E-state index is 13.4. The lowest BCUT2D eigenvalue weighted by Crippen LogP contribution is -2.29. The lowest BCUT2D eigenvalue weighted by atomic mass is 10.0. The van der Waals surface area contributed by atoms with Crippen LogP contribution in [0.2, 0.25) is 0 Å². The minimum Gasteiger partial charge on any atom is -0.495 e. The predicted octanol–water partition coefficient (Wildman–Crippen LogP) is 2.64. The van der Waals surface area contributed by atoms with Gasteiger partial charge >= 0.3 is 0 Å². The summed E-state index contributed by atoms with van der Waals surface area (Å²) in [4.78, 5) is 16.7. The van der Waals surface area contributed by atoms with Crippen molar-refractivity contribution in [1.82, 2.24) is 18.9 Å². The molecule has 160 valence electrons. The summed E-state index contributed by atoms with van der Waals surface area (Å²) in [6, 6.07) is 8.61. The minimum absolute atomic E-state index is 0.0412. The zero-order chi connectivity index (χ0) is 21.6. The van der Waals surface area contributed by atoms with Crippen LogP contribution in [0.25, 0.3) is 5.65 Å². The number of nitrogens with zero attached hydrogens (tertiary/aromatic N) is 3. The highest BCUT2D eigenvalue weighted by Gasteiger charge is 2.36. The van der Waals surface area contributed by atoms with Gasteiger partial charge in [-0.2, -0.15) is 4.31 Å². The molecule has 1 atom stereocenters. The van der Waals surface area contributed by atoms with Gasteiger partial charge in [0.05, 0.1) is 7.11 Å². The topological polar surface area (TPSA) is 96.8 Å². The maximum atomic E-state index is 13.4. The number of ether oxygens (including phenoxy) is 1. The second kappa shape index (κ2) is 7.55. The SMILES string of the molecule is COc1ccc(C(C)C)cc1S(=O)(=O)N1CCC(c2cc3nc(C)cc(=O)n3[nH]2)C1. The Morgan fingerprint density at radius 3 is 2.70 bits per heavy atom. The van der Waals surface area contributed by atoms with E-state index < -0.39 is 10.0 Å². The van der Waals surface area contributed by atoms with Crippen molar-refractivity contribution in [3.63, 3.8) is 0 Å². The van der Waals surface area contributed by atoms with Gasteiger partial charge in [0.1, 0.15) is 10.6 Å². The van der Waals surface area contributed by atoms with E-state index in [0.29, 0.717) is 36.6 Å². The number of hydrogen-bond acceptors (Lipinski definition) is 5. The fourth-order valence-electron chi connectivity index (χ4n) is 3.93. The number of methoxy groups -OCH3 is 1. The molecule has 0 amide bonds. The predicted molar refractivity (Wildman–Crippen MR) is 114 cm³/mol. The number of hydrogen-bond donors (Lipinski definition) is 1. The van der Waals surface area contributed by atoms with E-state index in [2.05, 4.69) is 10.1 Å². The van der Waals surface area contributed by atoms with Crippen LogP contribution in [0.3, 0.4) is 0 Å². The standard InChI is InChI=1S/C21H26N4O4S/c1-13(2)15-5-6-18(29-4)19(10-15)30(27,28)24-8-7-16(12-24)17-11-20-22-14(3)9-21(26)25(20)23-17/h5-6,9-11,13,16,23H,7-8,12H2,1-4H3. The molecule has 0 radical (unpaired) electrons. The Hall–Kier alpha value is -2.65.